The molecule has 154 valence electrons. The molecular formula is C20H25F2NO5. The van der Waals surface area contributed by atoms with Gasteiger partial charge in [0.15, 0.2) is 5.78 Å². The van der Waals surface area contributed by atoms with Gasteiger partial charge in [0.25, 0.3) is 0 Å². The number of unbranched alkanes of at least 4 members (excludes halogenated alkanes) is 2. The van der Waals surface area contributed by atoms with Crippen molar-refractivity contribution in [1.29, 1.82) is 0 Å². The molecule has 8 heteroatoms. The van der Waals surface area contributed by atoms with Crippen LogP contribution >= 0.6 is 0 Å². The maximum Gasteiger partial charge on any atom is 0.410 e. The molecule has 0 spiro atoms. The fourth-order valence-electron chi connectivity index (χ4n) is 2.93. The van der Waals surface area contributed by atoms with Crippen LogP contribution in [0.1, 0.15) is 31.2 Å². The van der Waals surface area contributed by atoms with Gasteiger partial charge in [-0.2, -0.15) is 8.78 Å². The SMILES string of the molecule is O=C(CO)CCCCCN1C(=O)OCC1/C=C/C(O)C(F)(F)c1ccccc1. The lowest BCUT2D eigenvalue weighted by Crippen LogP contribution is -2.34. The number of aliphatic hydroxyl groups excluding tert-OH is 2. The Balaban J connectivity index is 1.88. The number of carbonyl (C=O) groups is 2. The lowest BCUT2D eigenvalue weighted by atomic mass is 10.0. The van der Waals surface area contributed by atoms with Crippen molar-refractivity contribution in [3.63, 3.8) is 0 Å². The molecule has 1 aromatic rings. The van der Waals surface area contributed by atoms with Crippen molar-refractivity contribution >= 4 is 11.9 Å². The second-order valence-corrected chi connectivity index (χ2v) is 6.66. The number of aliphatic hydroxyl groups is 2. The predicted octanol–water partition coefficient (Wildman–Crippen LogP) is 2.64. The zero-order valence-corrected chi connectivity index (χ0v) is 15.5. The molecule has 1 heterocycles. The van der Waals surface area contributed by atoms with Gasteiger partial charge in [-0.3, -0.25) is 9.69 Å². The maximum absolute atomic E-state index is 14.3. The number of alkyl halides is 2. The predicted molar refractivity (Wildman–Crippen MR) is 97.9 cm³/mol. The second-order valence-electron chi connectivity index (χ2n) is 6.66. The van der Waals surface area contributed by atoms with Gasteiger partial charge in [0.05, 0.1) is 6.04 Å². The van der Waals surface area contributed by atoms with E-state index in [9.17, 15) is 23.5 Å². The topological polar surface area (TPSA) is 87.1 Å². The third-order valence-electron chi connectivity index (χ3n) is 4.59. The van der Waals surface area contributed by atoms with Crippen molar-refractivity contribution in [3.05, 3.63) is 48.0 Å². The van der Waals surface area contributed by atoms with Crippen LogP contribution in [0.3, 0.4) is 0 Å². The van der Waals surface area contributed by atoms with Gasteiger partial charge in [-0.15, -0.1) is 0 Å². The number of amides is 1. The molecule has 2 atom stereocenters. The van der Waals surface area contributed by atoms with E-state index in [0.717, 1.165) is 6.08 Å². The van der Waals surface area contributed by atoms with Gasteiger partial charge in [0.2, 0.25) is 0 Å². The minimum atomic E-state index is -3.45. The Morgan fingerprint density at radius 2 is 2.00 bits per heavy atom. The van der Waals surface area contributed by atoms with Crippen LogP contribution in [-0.4, -0.2) is 58.9 Å². The summed E-state index contributed by atoms with van der Waals surface area (Å²) >= 11 is 0. The summed E-state index contributed by atoms with van der Waals surface area (Å²) in [5.74, 6) is -3.68. The van der Waals surface area contributed by atoms with Crippen LogP contribution in [-0.2, 0) is 15.5 Å². The molecule has 1 fully saturated rings. The Kier molecular flexibility index (Phi) is 8.07. The largest absolute Gasteiger partial charge is 0.447 e. The van der Waals surface area contributed by atoms with E-state index in [1.54, 1.807) is 6.07 Å². The number of hydrogen-bond acceptors (Lipinski definition) is 5. The maximum atomic E-state index is 14.3. The smallest absolute Gasteiger partial charge is 0.410 e. The molecule has 1 aliphatic rings. The summed E-state index contributed by atoms with van der Waals surface area (Å²) in [6.07, 6.45) is 1.97. The summed E-state index contributed by atoms with van der Waals surface area (Å²) in [4.78, 5) is 24.3. The molecule has 1 aliphatic heterocycles. The monoisotopic (exact) mass is 397 g/mol. The summed E-state index contributed by atoms with van der Waals surface area (Å²) in [5, 5.41) is 18.6. The van der Waals surface area contributed by atoms with Crippen LogP contribution in [0.5, 0.6) is 0 Å². The summed E-state index contributed by atoms with van der Waals surface area (Å²) < 4.78 is 33.6. The van der Waals surface area contributed by atoms with Crippen LogP contribution in [0.4, 0.5) is 13.6 Å². The molecule has 2 N–H and O–H groups in total. The number of ether oxygens (including phenoxy) is 1. The van der Waals surface area contributed by atoms with Crippen LogP contribution in [0, 0.1) is 0 Å². The number of hydrogen-bond donors (Lipinski definition) is 2. The number of carbonyl (C=O) groups excluding carboxylic acids is 2. The van der Waals surface area contributed by atoms with Crippen molar-refractivity contribution in [2.45, 2.75) is 43.8 Å². The average molecular weight is 397 g/mol. The van der Waals surface area contributed by atoms with E-state index in [4.69, 9.17) is 9.84 Å². The quantitative estimate of drug-likeness (QED) is 0.443. The number of benzene rings is 1. The highest BCUT2D eigenvalue weighted by atomic mass is 19.3. The summed E-state index contributed by atoms with van der Waals surface area (Å²) in [6, 6.07) is 6.51. The number of Topliss-reactive ketones (excluding diaryl/α,β-unsaturated/α-hetero) is 1. The Hall–Kier alpha value is -2.32. The molecule has 1 saturated heterocycles. The highest BCUT2D eigenvalue weighted by molar-refractivity contribution is 5.79. The highest BCUT2D eigenvalue weighted by Crippen LogP contribution is 2.32. The normalized spacial score (nSPS) is 18.5. The van der Waals surface area contributed by atoms with Crippen molar-refractivity contribution in [2.75, 3.05) is 19.8 Å². The van der Waals surface area contributed by atoms with Gasteiger partial charge >= 0.3 is 12.0 Å². The summed E-state index contributed by atoms with van der Waals surface area (Å²) in [6.45, 7) is -0.0877. The van der Waals surface area contributed by atoms with Gasteiger partial charge < -0.3 is 14.9 Å². The van der Waals surface area contributed by atoms with Crippen LogP contribution in [0.2, 0.25) is 0 Å². The fourth-order valence-corrected chi connectivity index (χ4v) is 2.93. The van der Waals surface area contributed by atoms with Gasteiger partial charge in [0.1, 0.15) is 19.3 Å². The first-order chi connectivity index (χ1) is 13.4. The molecule has 0 bridgehead atoms. The van der Waals surface area contributed by atoms with E-state index in [2.05, 4.69) is 0 Å². The zero-order valence-electron chi connectivity index (χ0n) is 15.5. The second kappa shape index (κ2) is 10.3. The molecule has 28 heavy (non-hydrogen) atoms. The zero-order chi connectivity index (χ0) is 20.6. The first-order valence-corrected chi connectivity index (χ1v) is 9.22. The molecule has 0 aromatic heterocycles. The van der Waals surface area contributed by atoms with Crippen LogP contribution in [0.15, 0.2) is 42.5 Å². The van der Waals surface area contributed by atoms with E-state index in [1.165, 1.54) is 35.2 Å². The molecule has 0 saturated carbocycles. The van der Waals surface area contributed by atoms with Gasteiger partial charge in [-0.25, -0.2) is 4.79 Å². The fraction of sp³-hybridized carbons (Fsp3) is 0.500. The van der Waals surface area contributed by atoms with E-state index in [0.29, 0.717) is 25.8 Å². The number of nitrogens with zero attached hydrogens (tertiary/aromatic N) is 1. The lowest BCUT2D eigenvalue weighted by molar-refractivity contribution is -0.121. The van der Waals surface area contributed by atoms with Crippen molar-refractivity contribution < 1.29 is 33.3 Å². The van der Waals surface area contributed by atoms with Crippen molar-refractivity contribution in [3.8, 4) is 0 Å². The molecule has 0 radical (unpaired) electrons. The van der Waals surface area contributed by atoms with E-state index < -0.39 is 30.8 Å². The van der Waals surface area contributed by atoms with Crippen molar-refractivity contribution in [2.24, 2.45) is 0 Å². The first kappa shape index (κ1) is 22.0. The van der Waals surface area contributed by atoms with Crippen LogP contribution < -0.4 is 0 Å². The van der Waals surface area contributed by atoms with E-state index in [1.807, 2.05) is 0 Å². The molecule has 6 nitrogen and oxygen atoms in total. The van der Waals surface area contributed by atoms with Crippen LogP contribution in [0.25, 0.3) is 0 Å². The third-order valence-corrected chi connectivity index (χ3v) is 4.59. The highest BCUT2D eigenvalue weighted by Gasteiger charge is 2.39. The molecule has 1 amide bonds. The van der Waals surface area contributed by atoms with Gasteiger partial charge in [-0.1, -0.05) is 48.9 Å². The number of halogens is 2. The Morgan fingerprint density at radius 3 is 2.68 bits per heavy atom. The summed E-state index contributed by atoms with van der Waals surface area (Å²) in [7, 11) is 0. The van der Waals surface area contributed by atoms with E-state index in [-0.39, 0.29) is 24.4 Å². The number of rotatable bonds is 11. The van der Waals surface area contributed by atoms with Gasteiger partial charge in [0, 0.05) is 18.5 Å². The summed E-state index contributed by atoms with van der Waals surface area (Å²) in [5.41, 5.74) is -0.291. The standard InChI is InChI=1S/C20H25F2NO5/c21-20(22,15-7-3-1-4-8-15)18(26)11-10-16-14-28-19(27)23(16)12-6-2-5-9-17(25)13-24/h1,3-4,7-8,10-11,16,18,24,26H,2,5-6,9,12-14H2/b11-10+. The number of ketones is 1. The molecule has 2 rings (SSSR count). The third kappa shape index (κ3) is 5.84. The molecule has 2 unspecified atom stereocenters. The molecule has 0 aliphatic carbocycles. The molecular weight excluding hydrogens is 372 g/mol. The Morgan fingerprint density at radius 1 is 1.29 bits per heavy atom. The Bertz CT molecular complexity index is 680. The van der Waals surface area contributed by atoms with Gasteiger partial charge in [-0.05, 0) is 12.8 Å². The minimum Gasteiger partial charge on any atom is -0.447 e. The average Bonchev–Trinajstić information content (AvgIpc) is 3.05. The first-order valence-electron chi connectivity index (χ1n) is 9.22. The number of cyclic esters (lactones) is 1. The lowest BCUT2D eigenvalue weighted by Gasteiger charge is -2.22. The van der Waals surface area contributed by atoms with Crippen molar-refractivity contribution in [1.82, 2.24) is 4.90 Å². The Labute approximate surface area is 162 Å². The molecule has 1 aromatic carbocycles. The minimum absolute atomic E-state index is 0.0297. The van der Waals surface area contributed by atoms with E-state index >= 15 is 0 Å².